The molecule has 2 fully saturated rings. The smallest absolute Gasteiger partial charge is 0.234 e. The van der Waals surface area contributed by atoms with Crippen molar-refractivity contribution in [3.8, 4) is 6.07 Å². The third-order valence-electron chi connectivity index (χ3n) is 5.74. The quantitative estimate of drug-likeness (QED) is 0.683. The zero-order chi connectivity index (χ0) is 20.9. The number of carbonyl (C=O) groups is 1. The lowest BCUT2D eigenvalue weighted by atomic mass is 10.1. The summed E-state index contributed by atoms with van der Waals surface area (Å²) < 4.78 is 19.3. The first-order chi connectivity index (χ1) is 14.6. The number of aromatic nitrogens is 2. The number of piperidine rings is 1. The summed E-state index contributed by atoms with van der Waals surface area (Å²) >= 11 is 1.80. The van der Waals surface area contributed by atoms with Crippen LogP contribution in [-0.4, -0.2) is 69.3 Å². The number of nitriles is 1. The van der Waals surface area contributed by atoms with E-state index in [9.17, 15) is 9.18 Å². The molecular weight excluding hydrogens is 407 g/mol. The molecule has 0 aliphatic carbocycles. The van der Waals surface area contributed by atoms with Crippen molar-refractivity contribution in [3.63, 3.8) is 0 Å². The lowest BCUT2D eigenvalue weighted by Crippen LogP contribution is -2.41. The van der Waals surface area contributed by atoms with Gasteiger partial charge < -0.3 is 5.32 Å². The molecule has 0 saturated carbocycles. The highest BCUT2D eigenvalue weighted by molar-refractivity contribution is 7.99. The van der Waals surface area contributed by atoms with E-state index in [2.05, 4.69) is 21.2 Å². The number of hydrogen-bond acceptors (Lipinski definition) is 6. The van der Waals surface area contributed by atoms with Crippen LogP contribution in [0.15, 0.2) is 28.9 Å². The van der Waals surface area contributed by atoms with Crippen molar-refractivity contribution in [3.05, 3.63) is 35.6 Å². The normalized spacial score (nSPS) is 21.1. The van der Waals surface area contributed by atoms with Gasteiger partial charge in [-0.25, -0.2) is 4.39 Å². The molecule has 0 radical (unpaired) electrons. The summed E-state index contributed by atoms with van der Waals surface area (Å²) in [6.07, 6.45) is 1.86. The van der Waals surface area contributed by atoms with E-state index in [0.717, 1.165) is 50.7 Å². The van der Waals surface area contributed by atoms with Crippen molar-refractivity contribution in [2.75, 3.05) is 37.8 Å². The topological polar surface area (TPSA) is 82.4 Å². The van der Waals surface area contributed by atoms with Crippen molar-refractivity contribution < 1.29 is 13.8 Å². The number of nitrogens with zero attached hydrogens (tertiary/aromatic N) is 5. The van der Waals surface area contributed by atoms with Crippen LogP contribution in [0.25, 0.3) is 0 Å². The van der Waals surface area contributed by atoms with Crippen molar-refractivity contribution in [2.24, 2.45) is 0 Å². The van der Waals surface area contributed by atoms with Crippen molar-refractivity contribution >= 4 is 17.7 Å². The molecule has 1 aromatic carbocycles. The number of likely N-dealkylation sites (tertiary alicyclic amines) is 1. The van der Waals surface area contributed by atoms with E-state index in [1.807, 2.05) is 9.71 Å². The molecule has 4 rings (SSSR count). The summed E-state index contributed by atoms with van der Waals surface area (Å²) in [5, 5.41) is 12.0. The van der Waals surface area contributed by atoms with Crippen LogP contribution in [-0.2, 0) is 17.9 Å². The fourth-order valence-electron chi connectivity index (χ4n) is 3.89. The lowest BCUT2D eigenvalue weighted by molar-refractivity contribution is -0.122. The number of hydrogen-bond donors (Lipinski definition) is 1. The van der Waals surface area contributed by atoms with Gasteiger partial charge in [0.1, 0.15) is 11.9 Å². The van der Waals surface area contributed by atoms with E-state index in [4.69, 9.17) is 9.89 Å². The highest BCUT2D eigenvalue weighted by Crippen LogP contribution is 2.25. The Hall–Kier alpha value is -2.22. The van der Waals surface area contributed by atoms with Gasteiger partial charge >= 0.3 is 0 Å². The van der Waals surface area contributed by atoms with Gasteiger partial charge in [0.2, 0.25) is 5.91 Å². The Morgan fingerprint density at radius 1 is 1.30 bits per heavy atom. The summed E-state index contributed by atoms with van der Waals surface area (Å²) in [5.74, 6) is 1.40. The molecule has 1 N–H and O–H groups in total. The predicted molar refractivity (Wildman–Crippen MR) is 111 cm³/mol. The third-order valence-corrected chi connectivity index (χ3v) is 6.81. The Morgan fingerprint density at radius 3 is 2.87 bits per heavy atom. The molecule has 2 aliphatic heterocycles. The van der Waals surface area contributed by atoms with Gasteiger partial charge in [0.25, 0.3) is 0 Å². The number of rotatable bonds is 8. The Bertz CT molecular complexity index is 879. The minimum absolute atomic E-state index is 0.0103. The van der Waals surface area contributed by atoms with Crippen LogP contribution < -0.4 is 5.32 Å². The monoisotopic (exact) mass is 434 g/mol. The molecule has 8 nitrogen and oxygen atoms in total. The standard InChI is InChI=1S/C20H27FN6O2S/c21-19-4-2-1-3-16(19)12-23-20(28)13-24-7-5-17(6-8-24)27-26(29-27)10-9-25-15-30-14-18(25)11-22/h1-4,17-18H,5-10,12-15H2,(H,23,28). The van der Waals surface area contributed by atoms with Crippen molar-refractivity contribution in [1.82, 2.24) is 24.8 Å². The van der Waals surface area contributed by atoms with Gasteiger partial charge in [0.05, 0.1) is 25.2 Å². The summed E-state index contributed by atoms with van der Waals surface area (Å²) in [4.78, 5) is 20.3. The minimum atomic E-state index is -0.298. The molecule has 0 spiro atoms. The summed E-state index contributed by atoms with van der Waals surface area (Å²) in [6, 6.07) is 9.16. The molecule has 1 atom stereocenters. The van der Waals surface area contributed by atoms with Crippen LogP contribution >= 0.6 is 11.8 Å². The molecule has 0 bridgehead atoms. The number of amides is 1. The number of thioether (sulfide) groups is 1. The van der Waals surface area contributed by atoms with Gasteiger partial charge in [-0.1, -0.05) is 27.9 Å². The van der Waals surface area contributed by atoms with Crippen LogP contribution in [0.2, 0.25) is 0 Å². The average molecular weight is 435 g/mol. The van der Waals surface area contributed by atoms with Crippen molar-refractivity contribution in [2.45, 2.75) is 38.0 Å². The minimum Gasteiger partial charge on any atom is -0.351 e. The first-order valence-corrected chi connectivity index (χ1v) is 11.5. The maximum atomic E-state index is 13.6. The van der Waals surface area contributed by atoms with E-state index >= 15 is 0 Å². The number of halogens is 1. The summed E-state index contributed by atoms with van der Waals surface area (Å²) in [5.41, 5.74) is 0.497. The molecule has 2 aromatic rings. The molecule has 30 heavy (non-hydrogen) atoms. The molecule has 1 amide bonds. The van der Waals surface area contributed by atoms with Crippen LogP contribution in [0.3, 0.4) is 0 Å². The average Bonchev–Trinajstić information content (AvgIpc) is 3.39. The highest BCUT2D eigenvalue weighted by Gasteiger charge is 2.30. The number of nitrogens with one attached hydrogen (secondary N) is 1. The Kier molecular flexibility index (Phi) is 6.82. The molecule has 1 aromatic heterocycles. The van der Waals surface area contributed by atoms with Gasteiger partial charge in [-0.15, -0.1) is 11.8 Å². The van der Waals surface area contributed by atoms with Gasteiger partial charge in [-0.2, -0.15) is 5.26 Å². The van der Waals surface area contributed by atoms with Gasteiger partial charge in [-0.05, 0) is 18.9 Å². The zero-order valence-electron chi connectivity index (χ0n) is 16.9. The van der Waals surface area contributed by atoms with E-state index in [1.165, 1.54) is 6.07 Å². The first kappa shape index (κ1) is 21.0. The second-order valence-corrected chi connectivity index (χ2v) is 8.79. The third kappa shape index (κ3) is 5.28. The van der Waals surface area contributed by atoms with E-state index < -0.39 is 0 Å². The largest absolute Gasteiger partial charge is 0.351 e. The molecule has 2 saturated heterocycles. The Balaban J connectivity index is 1.14. The second-order valence-electron chi connectivity index (χ2n) is 7.79. The van der Waals surface area contributed by atoms with Gasteiger partial charge in [0.15, 0.2) is 0 Å². The molecule has 162 valence electrons. The Morgan fingerprint density at radius 2 is 2.10 bits per heavy atom. The fourth-order valence-corrected chi connectivity index (χ4v) is 5.05. The fraction of sp³-hybridized carbons (Fsp3) is 0.600. The van der Waals surface area contributed by atoms with Crippen LogP contribution in [0.1, 0.15) is 24.4 Å². The van der Waals surface area contributed by atoms with E-state index in [1.54, 1.807) is 30.0 Å². The lowest BCUT2D eigenvalue weighted by Gasteiger charge is -2.29. The molecule has 2 aliphatic rings. The summed E-state index contributed by atoms with van der Waals surface area (Å²) in [7, 11) is 0. The summed E-state index contributed by atoms with van der Waals surface area (Å²) in [6.45, 7) is 3.77. The molecule has 1 unspecified atom stereocenters. The maximum absolute atomic E-state index is 13.6. The number of carbonyl (C=O) groups excluding carboxylic acids is 1. The Labute approximate surface area is 179 Å². The molecule has 10 heteroatoms. The van der Waals surface area contributed by atoms with Gasteiger partial charge in [-0.3, -0.25) is 19.2 Å². The SMILES string of the molecule is N#CC1CSCN1CCn1on1C1CCN(CC(=O)NCc2ccccc2F)CC1. The van der Waals surface area contributed by atoms with E-state index in [-0.39, 0.29) is 24.3 Å². The molecular formula is C20H27FN6O2S. The number of benzene rings is 1. The first-order valence-electron chi connectivity index (χ1n) is 10.3. The van der Waals surface area contributed by atoms with E-state index in [0.29, 0.717) is 18.2 Å². The molecule has 3 heterocycles. The second kappa shape index (κ2) is 9.73. The maximum Gasteiger partial charge on any atom is 0.234 e. The zero-order valence-corrected chi connectivity index (χ0v) is 17.7. The van der Waals surface area contributed by atoms with Crippen LogP contribution in [0.5, 0.6) is 0 Å². The van der Waals surface area contributed by atoms with Crippen LogP contribution in [0, 0.1) is 17.1 Å². The van der Waals surface area contributed by atoms with Gasteiger partial charge in [0, 0.05) is 43.4 Å². The highest BCUT2D eigenvalue weighted by atomic mass is 32.2. The van der Waals surface area contributed by atoms with Crippen LogP contribution in [0.4, 0.5) is 4.39 Å². The predicted octanol–water partition coefficient (Wildman–Crippen LogP) is 1.87. The van der Waals surface area contributed by atoms with Crippen molar-refractivity contribution in [1.29, 1.82) is 5.26 Å².